The van der Waals surface area contributed by atoms with Gasteiger partial charge in [-0.2, -0.15) is 0 Å². The third-order valence-corrected chi connectivity index (χ3v) is 11.0. The van der Waals surface area contributed by atoms with E-state index in [9.17, 15) is 0 Å². The molecule has 0 N–H and O–H groups in total. The van der Waals surface area contributed by atoms with Gasteiger partial charge in [0.1, 0.15) is 0 Å². The summed E-state index contributed by atoms with van der Waals surface area (Å²) in [5.74, 6) is 3.60. The van der Waals surface area contributed by atoms with Crippen LogP contribution in [0.4, 0.5) is 5.69 Å². The van der Waals surface area contributed by atoms with E-state index in [4.69, 9.17) is 36.5 Å². The van der Waals surface area contributed by atoms with Gasteiger partial charge in [-0.1, -0.05) is 152 Å². The second kappa shape index (κ2) is 14.5. The molecule has 0 aliphatic heterocycles. The highest BCUT2D eigenvalue weighted by atomic mass is 32.1. The van der Waals surface area contributed by atoms with E-state index in [1.165, 1.54) is 0 Å². The largest absolute Gasteiger partial charge is 0.238 e. The molecule has 0 fully saturated rings. The first-order chi connectivity index (χ1) is 28.2. The van der Waals surface area contributed by atoms with Gasteiger partial charge in [-0.3, -0.25) is 0 Å². The first-order valence-electron chi connectivity index (χ1n) is 18.4. The lowest BCUT2D eigenvalue weighted by Gasteiger charge is -2.10. The number of nitrogens with zero attached hydrogens (tertiary/aromatic N) is 7. The smallest absolute Gasteiger partial charge is 0.187 e. The van der Waals surface area contributed by atoms with Crippen LogP contribution in [0.5, 0.6) is 0 Å². The zero-order valence-electron chi connectivity index (χ0n) is 30.3. The highest BCUT2D eigenvalue weighted by molar-refractivity contribution is 7.26. The summed E-state index contributed by atoms with van der Waals surface area (Å²) in [7, 11) is 0. The fourth-order valence-electron chi connectivity index (χ4n) is 6.97. The van der Waals surface area contributed by atoms with Gasteiger partial charge in [0.25, 0.3) is 0 Å². The van der Waals surface area contributed by atoms with Crippen LogP contribution in [0.2, 0.25) is 0 Å². The third kappa shape index (κ3) is 6.59. The Labute approximate surface area is 332 Å². The first-order valence-corrected chi connectivity index (χ1v) is 19.2. The molecule has 57 heavy (non-hydrogen) atoms. The van der Waals surface area contributed by atoms with Gasteiger partial charge in [-0.25, -0.2) is 34.7 Å². The van der Waals surface area contributed by atoms with E-state index in [2.05, 4.69) is 53.4 Å². The molecule has 0 amide bonds. The second-order valence-electron chi connectivity index (χ2n) is 13.4. The third-order valence-electron chi connectivity index (χ3n) is 9.83. The SMILES string of the molecule is [C-]#[N+]c1ccc(-c2ccc(-c3nc(-c4ccccc4)nc(-c4cccc5sc6ccc(-c7nc(-c8ccccc8)nc(-c8ccccc8)n7)cc6c45)n3)cc2)cc1. The maximum Gasteiger partial charge on any atom is 0.187 e. The van der Waals surface area contributed by atoms with E-state index in [-0.39, 0.29) is 0 Å². The molecule has 0 atom stereocenters. The van der Waals surface area contributed by atoms with Crippen molar-refractivity contribution in [1.82, 2.24) is 29.9 Å². The summed E-state index contributed by atoms with van der Waals surface area (Å²) in [5, 5.41) is 2.14. The van der Waals surface area contributed by atoms with Crippen LogP contribution >= 0.6 is 11.3 Å². The molecule has 3 heterocycles. The summed E-state index contributed by atoms with van der Waals surface area (Å²) < 4.78 is 2.27. The van der Waals surface area contributed by atoms with Gasteiger partial charge < -0.3 is 0 Å². The van der Waals surface area contributed by atoms with Crippen LogP contribution in [0.1, 0.15) is 0 Å². The number of thiophene rings is 1. The average Bonchev–Trinajstić information content (AvgIpc) is 3.68. The number of aromatic nitrogens is 6. The lowest BCUT2D eigenvalue weighted by Crippen LogP contribution is -2.00. The molecule has 0 unspecified atom stereocenters. The van der Waals surface area contributed by atoms with Crippen molar-refractivity contribution < 1.29 is 0 Å². The van der Waals surface area contributed by atoms with E-state index in [1.54, 1.807) is 11.3 Å². The highest BCUT2D eigenvalue weighted by Gasteiger charge is 2.19. The molecular weight excluding hydrogens is 719 g/mol. The Hall–Kier alpha value is -7.73. The van der Waals surface area contributed by atoms with Crippen LogP contribution in [-0.4, -0.2) is 29.9 Å². The monoisotopic (exact) mass is 747 g/mol. The van der Waals surface area contributed by atoms with Gasteiger partial charge in [0.05, 0.1) is 6.57 Å². The second-order valence-corrected chi connectivity index (χ2v) is 14.5. The molecule has 0 saturated heterocycles. The molecule has 266 valence electrons. The van der Waals surface area contributed by atoms with Gasteiger partial charge in [-0.05, 0) is 35.4 Å². The van der Waals surface area contributed by atoms with Crippen molar-refractivity contribution >= 4 is 37.2 Å². The van der Waals surface area contributed by atoms with Crippen LogP contribution in [0.15, 0.2) is 176 Å². The minimum absolute atomic E-state index is 0.582. The summed E-state index contributed by atoms with van der Waals surface area (Å²) in [4.78, 5) is 33.7. The first kappa shape index (κ1) is 33.8. The maximum atomic E-state index is 7.29. The van der Waals surface area contributed by atoms with Crippen molar-refractivity contribution in [3.8, 4) is 79.5 Å². The van der Waals surface area contributed by atoms with Crippen molar-refractivity contribution in [2.24, 2.45) is 0 Å². The van der Waals surface area contributed by atoms with Crippen molar-refractivity contribution in [3.05, 3.63) is 187 Å². The Kier molecular flexibility index (Phi) is 8.60. The topological polar surface area (TPSA) is 81.7 Å². The summed E-state index contributed by atoms with van der Waals surface area (Å²) in [6.45, 7) is 7.29. The Morgan fingerprint density at radius 3 is 1.28 bits per heavy atom. The van der Waals surface area contributed by atoms with Crippen LogP contribution in [0.3, 0.4) is 0 Å². The summed E-state index contributed by atoms with van der Waals surface area (Å²) in [6, 6.07) is 58.6. The molecule has 0 radical (unpaired) electrons. The molecule has 0 bridgehead atoms. The maximum absolute atomic E-state index is 7.29. The molecule has 10 aromatic rings. The Morgan fingerprint density at radius 2 is 0.772 bits per heavy atom. The quantitative estimate of drug-likeness (QED) is 0.151. The van der Waals surface area contributed by atoms with Crippen molar-refractivity contribution in [3.63, 3.8) is 0 Å². The van der Waals surface area contributed by atoms with E-state index in [0.29, 0.717) is 40.6 Å². The van der Waals surface area contributed by atoms with Crippen molar-refractivity contribution in [2.75, 3.05) is 0 Å². The van der Waals surface area contributed by atoms with Gasteiger partial charge in [0.15, 0.2) is 40.6 Å². The van der Waals surface area contributed by atoms with Gasteiger partial charge >= 0.3 is 0 Å². The molecule has 0 spiro atoms. The highest BCUT2D eigenvalue weighted by Crippen LogP contribution is 2.41. The number of hydrogen-bond acceptors (Lipinski definition) is 7. The zero-order valence-corrected chi connectivity index (χ0v) is 31.1. The Bertz CT molecular complexity index is 3050. The lowest BCUT2D eigenvalue weighted by molar-refractivity contribution is 1.07. The number of benzene rings is 7. The minimum atomic E-state index is 0.582. The van der Waals surface area contributed by atoms with Gasteiger partial charge in [-0.15, -0.1) is 11.3 Å². The van der Waals surface area contributed by atoms with Crippen LogP contribution < -0.4 is 0 Å². The van der Waals surface area contributed by atoms with Crippen LogP contribution in [-0.2, 0) is 0 Å². The predicted molar refractivity (Wildman–Crippen MR) is 230 cm³/mol. The van der Waals surface area contributed by atoms with E-state index < -0.39 is 0 Å². The molecule has 8 heteroatoms. The normalized spacial score (nSPS) is 11.1. The number of hydrogen-bond donors (Lipinski definition) is 0. The zero-order chi connectivity index (χ0) is 38.1. The van der Waals surface area contributed by atoms with Crippen molar-refractivity contribution in [2.45, 2.75) is 0 Å². The molecule has 7 aromatic carbocycles. The summed E-state index contributed by atoms with van der Waals surface area (Å²) in [6.07, 6.45) is 0. The summed E-state index contributed by atoms with van der Waals surface area (Å²) >= 11 is 1.74. The Balaban J connectivity index is 1.12. The van der Waals surface area contributed by atoms with Gasteiger partial charge in [0, 0.05) is 53.6 Å². The minimum Gasteiger partial charge on any atom is -0.238 e. The number of fused-ring (bicyclic) bond motifs is 3. The van der Waals surface area contributed by atoms with Crippen molar-refractivity contribution in [1.29, 1.82) is 0 Å². The molecule has 0 aliphatic rings. The van der Waals surface area contributed by atoms with Crippen LogP contribution in [0.25, 0.3) is 104 Å². The van der Waals surface area contributed by atoms with E-state index in [1.807, 2.05) is 127 Å². The molecule has 10 rings (SSSR count). The fraction of sp³-hybridized carbons (Fsp3) is 0. The summed E-state index contributed by atoms with van der Waals surface area (Å²) in [5.41, 5.74) is 8.13. The average molecular weight is 748 g/mol. The Morgan fingerprint density at radius 1 is 0.351 bits per heavy atom. The predicted octanol–water partition coefficient (Wildman–Crippen LogP) is 12.6. The van der Waals surface area contributed by atoms with E-state index in [0.717, 1.165) is 64.7 Å². The number of rotatable bonds is 7. The van der Waals surface area contributed by atoms with Crippen LogP contribution in [0, 0.1) is 6.57 Å². The molecule has 0 saturated carbocycles. The van der Waals surface area contributed by atoms with E-state index >= 15 is 0 Å². The fourth-order valence-corrected chi connectivity index (χ4v) is 8.08. The molecule has 3 aromatic heterocycles. The molecule has 0 aliphatic carbocycles. The van der Waals surface area contributed by atoms with Gasteiger partial charge in [0.2, 0.25) is 0 Å². The standard InChI is InChI=1S/C49H29N7S/c1-50-38-27-24-32(25-28-38)31-20-22-36(23-21-31)47-52-46(35-16-9-4-10-17-35)55-49(56-47)39-18-11-19-42-43(39)40-30-37(26-29-41(40)57-42)48-53-44(33-12-5-2-6-13-33)51-45(54-48)34-14-7-3-8-15-34/h2-30H. The molecule has 7 nitrogen and oxygen atoms in total. The molecular formula is C49H29N7S. The lowest BCUT2D eigenvalue weighted by atomic mass is 10.0.